The van der Waals surface area contributed by atoms with Gasteiger partial charge in [0.1, 0.15) is 23.4 Å². The number of carbonyl (C=O) groups is 1. The third kappa shape index (κ3) is 4.67. The Kier molecular flexibility index (Phi) is 5.50. The number of hydrogen-bond acceptors (Lipinski definition) is 7. The van der Waals surface area contributed by atoms with Crippen LogP contribution < -0.4 is 10.6 Å². The van der Waals surface area contributed by atoms with Gasteiger partial charge in [0, 0.05) is 48.1 Å². The number of hydrogen-bond donors (Lipinski definition) is 3. The third-order valence-corrected chi connectivity index (χ3v) is 6.52. The van der Waals surface area contributed by atoms with Crippen LogP contribution in [0.1, 0.15) is 63.4 Å². The molecule has 3 aliphatic heterocycles. The molecule has 33 heavy (non-hydrogen) atoms. The summed E-state index contributed by atoms with van der Waals surface area (Å²) in [5.41, 5.74) is 2.60. The van der Waals surface area contributed by atoms with Gasteiger partial charge < -0.3 is 20.3 Å². The number of amidine groups is 1. The smallest absolute Gasteiger partial charge is 0.410 e. The molecule has 3 N–H and O–H groups in total. The zero-order valence-electron chi connectivity index (χ0n) is 19.8. The number of aromatic amines is 1. The predicted molar refractivity (Wildman–Crippen MR) is 126 cm³/mol. The van der Waals surface area contributed by atoms with E-state index in [9.17, 15) is 4.79 Å². The van der Waals surface area contributed by atoms with Gasteiger partial charge in [0.2, 0.25) is 0 Å². The molecule has 2 aromatic heterocycles. The normalized spacial score (nSPS) is 26.4. The highest BCUT2D eigenvalue weighted by molar-refractivity contribution is 6.01. The average Bonchev–Trinajstić information content (AvgIpc) is 3.27. The first-order valence-corrected chi connectivity index (χ1v) is 11.8. The van der Waals surface area contributed by atoms with Gasteiger partial charge >= 0.3 is 6.09 Å². The molecule has 2 unspecified atom stereocenters. The van der Waals surface area contributed by atoms with Crippen LogP contribution in [0.5, 0.6) is 0 Å². The number of anilines is 1. The summed E-state index contributed by atoms with van der Waals surface area (Å²) < 4.78 is 5.68. The number of ether oxygens (including phenoxy) is 1. The molecule has 5 heterocycles. The molecule has 0 aliphatic carbocycles. The van der Waals surface area contributed by atoms with Gasteiger partial charge in [0.15, 0.2) is 0 Å². The van der Waals surface area contributed by atoms with Gasteiger partial charge in [0.25, 0.3) is 0 Å². The molecule has 176 valence electrons. The third-order valence-electron chi connectivity index (χ3n) is 6.52. The van der Waals surface area contributed by atoms with E-state index < -0.39 is 5.60 Å². The summed E-state index contributed by atoms with van der Waals surface area (Å²) in [7, 11) is 0. The van der Waals surface area contributed by atoms with E-state index in [1.54, 1.807) is 0 Å². The number of aryl methyl sites for hydroxylation is 1. The minimum Gasteiger partial charge on any atom is -0.444 e. The number of amides is 1. The summed E-state index contributed by atoms with van der Waals surface area (Å²) in [5.74, 6) is 1.65. The zero-order valence-corrected chi connectivity index (χ0v) is 19.8. The Hall–Kier alpha value is -3.10. The molecule has 9 nitrogen and oxygen atoms in total. The number of nitrogens with one attached hydrogen (secondary N) is 3. The van der Waals surface area contributed by atoms with E-state index >= 15 is 0 Å². The van der Waals surface area contributed by atoms with E-state index in [0.29, 0.717) is 6.42 Å². The van der Waals surface area contributed by atoms with Crippen molar-refractivity contribution in [3.8, 4) is 0 Å². The van der Waals surface area contributed by atoms with Crippen LogP contribution in [0.15, 0.2) is 29.4 Å². The SMILES string of the molecule is Cc1cc(NC2Cc3ncccc3C(NC3C[C@H]4CC[C@@H](C3)N4C(=O)OC(C)(C)C)=N2)n[nH]1. The van der Waals surface area contributed by atoms with Gasteiger partial charge in [-0.25, -0.2) is 9.79 Å². The van der Waals surface area contributed by atoms with Crippen molar-refractivity contribution < 1.29 is 9.53 Å². The molecule has 0 saturated carbocycles. The van der Waals surface area contributed by atoms with Crippen molar-refractivity contribution in [3.63, 3.8) is 0 Å². The van der Waals surface area contributed by atoms with Crippen molar-refractivity contribution in [2.75, 3.05) is 5.32 Å². The number of fused-ring (bicyclic) bond motifs is 3. The summed E-state index contributed by atoms with van der Waals surface area (Å²) in [6.45, 7) is 7.73. The van der Waals surface area contributed by atoms with Gasteiger partial charge in [-0.2, -0.15) is 5.10 Å². The monoisotopic (exact) mass is 451 g/mol. The maximum Gasteiger partial charge on any atom is 0.410 e. The summed E-state index contributed by atoms with van der Waals surface area (Å²) in [4.78, 5) is 24.4. The standard InChI is InChI=1S/C24H33N7O2/c1-14-10-21(30-29-14)27-20-13-19-18(6-5-9-25-19)22(28-20)26-15-11-16-7-8-17(12-15)31(16)23(32)33-24(2,3)4/h5-6,9-10,15-17,20H,7-8,11-13H2,1-4H3,(H,26,28)(H2,27,29,30)/t15?,16-,17+,20?. The Morgan fingerprint density at radius 2 is 1.97 bits per heavy atom. The Labute approximate surface area is 194 Å². The van der Waals surface area contributed by atoms with Gasteiger partial charge in [-0.1, -0.05) is 0 Å². The zero-order chi connectivity index (χ0) is 23.2. The molecule has 5 rings (SSSR count). The molecule has 4 atom stereocenters. The minimum atomic E-state index is -0.478. The Bertz CT molecular complexity index is 1040. The maximum absolute atomic E-state index is 12.8. The van der Waals surface area contributed by atoms with E-state index in [1.807, 2.05) is 50.9 Å². The number of nitrogens with zero attached hydrogens (tertiary/aromatic N) is 4. The highest BCUT2D eigenvalue weighted by Gasteiger charge is 2.45. The maximum atomic E-state index is 12.8. The van der Waals surface area contributed by atoms with Crippen LogP contribution in [0, 0.1) is 6.92 Å². The highest BCUT2D eigenvalue weighted by Crippen LogP contribution is 2.37. The molecular weight excluding hydrogens is 418 g/mol. The van der Waals surface area contributed by atoms with E-state index in [0.717, 1.165) is 54.3 Å². The topological polar surface area (TPSA) is 108 Å². The summed E-state index contributed by atoms with van der Waals surface area (Å²) in [6, 6.07) is 6.66. The lowest BCUT2D eigenvalue weighted by atomic mass is 9.96. The van der Waals surface area contributed by atoms with Gasteiger partial charge in [0.05, 0.1) is 5.69 Å². The fraction of sp³-hybridized carbons (Fsp3) is 0.583. The summed E-state index contributed by atoms with van der Waals surface area (Å²) in [5, 5.41) is 14.4. The number of aliphatic imine (C=N–C) groups is 1. The lowest BCUT2D eigenvalue weighted by Gasteiger charge is -2.40. The molecule has 0 aromatic carbocycles. The fourth-order valence-electron chi connectivity index (χ4n) is 5.23. The quantitative estimate of drug-likeness (QED) is 0.660. The molecule has 1 amide bonds. The Balaban J connectivity index is 1.31. The molecule has 0 radical (unpaired) electrons. The molecule has 2 saturated heterocycles. The van der Waals surface area contributed by atoms with Crippen molar-refractivity contribution in [1.29, 1.82) is 0 Å². The van der Waals surface area contributed by atoms with E-state index in [-0.39, 0.29) is 30.4 Å². The largest absolute Gasteiger partial charge is 0.444 e. The van der Waals surface area contributed by atoms with E-state index in [4.69, 9.17) is 9.73 Å². The van der Waals surface area contributed by atoms with Crippen molar-refractivity contribution in [2.24, 2.45) is 4.99 Å². The second-order valence-corrected chi connectivity index (χ2v) is 10.4. The van der Waals surface area contributed by atoms with Gasteiger partial charge in [-0.3, -0.25) is 10.1 Å². The lowest BCUT2D eigenvalue weighted by Crippen LogP contribution is -2.54. The van der Waals surface area contributed by atoms with Crippen molar-refractivity contribution in [2.45, 2.75) is 89.7 Å². The fourth-order valence-corrected chi connectivity index (χ4v) is 5.23. The van der Waals surface area contributed by atoms with Crippen molar-refractivity contribution in [1.82, 2.24) is 25.4 Å². The van der Waals surface area contributed by atoms with Crippen LogP contribution in [0.2, 0.25) is 0 Å². The first kappa shape index (κ1) is 21.7. The number of H-pyrrole nitrogens is 1. The summed E-state index contributed by atoms with van der Waals surface area (Å²) >= 11 is 0. The Morgan fingerprint density at radius 1 is 1.21 bits per heavy atom. The van der Waals surface area contributed by atoms with Crippen molar-refractivity contribution in [3.05, 3.63) is 41.3 Å². The van der Waals surface area contributed by atoms with Crippen LogP contribution >= 0.6 is 0 Å². The average molecular weight is 452 g/mol. The van der Waals surface area contributed by atoms with Crippen LogP contribution in [0.25, 0.3) is 0 Å². The van der Waals surface area contributed by atoms with E-state index in [1.165, 1.54) is 0 Å². The van der Waals surface area contributed by atoms with Crippen molar-refractivity contribution >= 4 is 17.7 Å². The minimum absolute atomic E-state index is 0.142. The molecule has 0 spiro atoms. The molecule has 3 aliphatic rings. The summed E-state index contributed by atoms with van der Waals surface area (Å²) in [6.07, 6.45) is 6.03. The number of rotatable bonds is 3. The second-order valence-electron chi connectivity index (χ2n) is 10.4. The van der Waals surface area contributed by atoms with Crippen LogP contribution in [-0.4, -0.2) is 61.9 Å². The molecular formula is C24H33N7O2. The lowest BCUT2D eigenvalue weighted by molar-refractivity contribution is 0.00548. The molecule has 2 aromatic rings. The van der Waals surface area contributed by atoms with Crippen LogP contribution in [0.3, 0.4) is 0 Å². The number of pyridine rings is 1. The van der Waals surface area contributed by atoms with Crippen LogP contribution in [0.4, 0.5) is 10.6 Å². The van der Waals surface area contributed by atoms with Gasteiger partial charge in [-0.15, -0.1) is 0 Å². The van der Waals surface area contributed by atoms with Crippen LogP contribution in [-0.2, 0) is 11.2 Å². The first-order chi connectivity index (χ1) is 15.7. The number of carbonyl (C=O) groups excluding carboxylic acids is 1. The number of aromatic nitrogens is 3. The first-order valence-electron chi connectivity index (χ1n) is 11.8. The van der Waals surface area contributed by atoms with E-state index in [2.05, 4.69) is 31.9 Å². The Morgan fingerprint density at radius 3 is 2.64 bits per heavy atom. The predicted octanol–water partition coefficient (Wildman–Crippen LogP) is 3.37. The second kappa shape index (κ2) is 8.35. The molecule has 2 bridgehead atoms. The molecule has 2 fully saturated rings. The van der Waals surface area contributed by atoms with Gasteiger partial charge in [-0.05, 0) is 65.5 Å². The highest BCUT2D eigenvalue weighted by atomic mass is 16.6. The molecule has 9 heteroatoms. The number of piperidine rings is 1.